The quantitative estimate of drug-likeness (QED) is 0.915. The molecule has 0 aromatic carbocycles. The number of ether oxygens (including phenoxy) is 1. The van der Waals surface area contributed by atoms with E-state index in [2.05, 4.69) is 23.3 Å². The Morgan fingerprint density at radius 3 is 2.70 bits per heavy atom. The molecule has 0 saturated carbocycles. The van der Waals surface area contributed by atoms with Crippen LogP contribution in [0.25, 0.3) is 6.08 Å². The van der Waals surface area contributed by atoms with E-state index in [1.54, 1.807) is 0 Å². The number of aryl methyl sites for hydroxylation is 2. The van der Waals surface area contributed by atoms with Gasteiger partial charge in [-0.15, -0.1) is 0 Å². The molecule has 4 nitrogen and oxygen atoms in total. The summed E-state index contributed by atoms with van der Waals surface area (Å²) in [4.78, 5) is 15.9. The van der Waals surface area contributed by atoms with Crippen molar-refractivity contribution in [2.24, 2.45) is 0 Å². The fourth-order valence-electron chi connectivity index (χ4n) is 1.70. The number of amides is 1. The summed E-state index contributed by atoms with van der Waals surface area (Å²) >= 11 is 0. The molecule has 0 spiro atoms. The maximum atomic E-state index is 11.4. The van der Waals surface area contributed by atoms with Gasteiger partial charge in [-0.25, -0.2) is 4.79 Å². The van der Waals surface area contributed by atoms with E-state index in [1.807, 2.05) is 45.9 Å². The largest absolute Gasteiger partial charge is 0.444 e. The molecule has 0 unspecified atom stereocenters. The first-order chi connectivity index (χ1) is 9.30. The summed E-state index contributed by atoms with van der Waals surface area (Å²) in [5, 5.41) is 2.69. The highest BCUT2D eigenvalue weighted by Crippen LogP contribution is 2.08. The first kappa shape index (κ1) is 16.2. The van der Waals surface area contributed by atoms with E-state index in [4.69, 9.17) is 4.74 Å². The van der Waals surface area contributed by atoms with Crippen molar-refractivity contribution in [3.63, 3.8) is 0 Å². The number of carbonyl (C=O) groups is 1. The Kier molecular flexibility index (Phi) is 5.74. The normalized spacial score (nSPS) is 11.7. The molecule has 4 heteroatoms. The Hall–Kier alpha value is -1.84. The number of aromatic nitrogens is 1. The van der Waals surface area contributed by atoms with Gasteiger partial charge in [0, 0.05) is 17.9 Å². The zero-order valence-electron chi connectivity index (χ0n) is 13.0. The molecule has 20 heavy (non-hydrogen) atoms. The van der Waals surface area contributed by atoms with E-state index >= 15 is 0 Å². The van der Waals surface area contributed by atoms with Crippen LogP contribution < -0.4 is 5.32 Å². The standard InChI is InChI=1S/C16H24N2O2/c1-6-14-11-13(10-12(2)18-14)8-7-9-17-15(19)20-16(3,4)5/h7-8,10-11H,6,9H2,1-5H3,(H,17,19)/b8-7+. The minimum atomic E-state index is -0.466. The predicted octanol–water partition coefficient (Wildman–Crippen LogP) is 3.49. The van der Waals surface area contributed by atoms with Crippen LogP contribution in [0.3, 0.4) is 0 Å². The number of nitrogens with one attached hydrogen (secondary N) is 1. The molecule has 1 N–H and O–H groups in total. The minimum absolute atomic E-state index is 0.401. The maximum absolute atomic E-state index is 11.4. The molecule has 1 heterocycles. The van der Waals surface area contributed by atoms with Gasteiger partial charge in [-0.05, 0) is 51.8 Å². The molecule has 1 aromatic rings. The van der Waals surface area contributed by atoms with Crippen molar-refractivity contribution in [3.05, 3.63) is 35.2 Å². The Morgan fingerprint density at radius 1 is 1.40 bits per heavy atom. The first-order valence-corrected chi connectivity index (χ1v) is 6.91. The molecular formula is C16H24N2O2. The van der Waals surface area contributed by atoms with E-state index in [0.29, 0.717) is 6.54 Å². The van der Waals surface area contributed by atoms with Gasteiger partial charge in [0.2, 0.25) is 0 Å². The highest BCUT2D eigenvalue weighted by Gasteiger charge is 2.14. The summed E-state index contributed by atoms with van der Waals surface area (Å²) in [7, 11) is 0. The summed E-state index contributed by atoms with van der Waals surface area (Å²) in [6.45, 7) is 10.0. The summed E-state index contributed by atoms with van der Waals surface area (Å²) in [6, 6.07) is 4.07. The lowest BCUT2D eigenvalue weighted by molar-refractivity contribution is 0.0534. The van der Waals surface area contributed by atoms with E-state index in [1.165, 1.54) is 0 Å². The van der Waals surface area contributed by atoms with Gasteiger partial charge in [0.15, 0.2) is 0 Å². The smallest absolute Gasteiger partial charge is 0.407 e. The van der Waals surface area contributed by atoms with E-state index in [9.17, 15) is 4.79 Å². The third-order valence-electron chi connectivity index (χ3n) is 2.46. The number of pyridine rings is 1. The lowest BCUT2D eigenvalue weighted by atomic mass is 10.1. The van der Waals surface area contributed by atoms with Crippen molar-refractivity contribution in [2.75, 3.05) is 6.54 Å². The van der Waals surface area contributed by atoms with Crippen LogP contribution in [0.5, 0.6) is 0 Å². The fraction of sp³-hybridized carbons (Fsp3) is 0.500. The summed E-state index contributed by atoms with van der Waals surface area (Å²) in [5.41, 5.74) is 2.71. The molecule has 0 fully saturated rings. The lowest BCUT2D eigenvalue weighted by Crippen LogP contribution is -2.32. The van der Waals surface area contributed by atoms with Gasteiger partial charge in [0.1, 0.15) is 5.60 Å². The van der Waals surface area contributed by atoms with Crippen molar-refractivity contribution < 1.29 is 9.53 Å². The molecule has 1 rings (SSSR count). The van der Waals surface area contributed by atoms with Crippen LogP contribution in [0.4, 0.5) is 4.79 Å². The topological polar surface area (TPSA) is 51.2 Å². The van der Waals surface area contributed by atoms with Crippen LogP contribution in [-0.4, -0.2) is 23.2 Å². The van der Waals surface area contributed by atoms with Crippen LogP contribution in [0, 0.1) is 6.92 Å². The molecule has 1 amide bonds. The maximum Gasteiger partial charge on any atom is 0.407 e. The minimum Gasteiger partial charge on any atom is -0.444 e. The number of carbonyl (C=O) groups excluding carboxylic acids is 1. The average Bonchev–Trinajstić information content (AvgIpc) is 2.32. The van der Waals surface area contributed by atoms with E-state index < -0.39 is 11.7 Å². The molecular weight excluding hydrogens is 252 g/mol. The summed E-state index contributed by atoms with van der Waals surface area (Å²) < 4.78 is 5.15. The summed E-state index contributed by atoms with van der Waals surface area (Å²) in [6.07, 6.45) is 4.39. The van der Waals surface area contributed by atoms with E-state index in [-0.39, 0.29) is 0 Å². The number of rotatable bonds is 4. The fourth-order valence-corrected chi connectivity index (χ4v) is 1.70. The molecule has 0 saturated heterocycles. The van der Waals surface area contributed by atoms with Crippen LogP contribution in [-0.2, 0) is 11.2 Å². The Bertz CT molecular complexity index is 488. The van der Waals surface area contributed by atoms with Gasteiger partial charge in [0.25, 0.3) is 0 Å². The van der Waals surface area contributed by atoms with Crippen molar-refractivity contribution in [3.8, 4) is 0 Å². The van der Waals surface area contributed by atoms with Gasteiger partial charge < -0.3 is 10.1 Å². The van der Waals surface area contributed by atoms with Gasteiger partial charge in [-0.3, -0.25) is 4.98 Å². The highest BCUT2D eigenvalue weighted by atomic mass is 16.6. The SMILES string of the molecule is CCc1cc(/C=C/CNC(=O)OC(C)(C)C)cc(C)n1. The number of hydrogen-bond acceptors (Lipinski definition) is 3. The molecule has 1 aromatic heterocycles. The number of alkyl carbamates (subject to hydrolysis) is 1. The molecule has 0 radical (unpaired) electrons. The Balaban J connectivity index is 2.49. The zero-order valence-corrected chi connectivity index (χ0v) is 13.0. The van der Waals surface area contributed by atoms with Crippen LogP contribution in [0.2, 0.25) is 0 Å². The van der Waals surface area contributed by atoms with Crippen molar-refractivity contribution in [2.45, 2.75) is 46.6 Å². The average molecular weight is 276 g/mol. The van der Waals surface area contributed by atoms with Crippen molar-refractivity contribution >= 4 is 12.2 Å². The molecule has 110 valence electrons. The monoisotopic (exact) mass is 276 g/mol. The number of hydrogen-bond donors (Lipinski definition) is 1. The Morgan fingerprint density at radius 2 is 2.10 bits per heavy atom. The van der Waals surface area contributed by atoms with Crippen LogP contribution >= 0.6 is 0 Å². The second-order valence-electron chi connectivity index (χ2n) is 5.67. The first-order valence-electron chi connectivity index (χ1n) is 6.91. The second kappa shape index (κ2) is 7.08. The molecule has 0 bridgehead atoms. The number of nitrogens with zero attached hydrogens (tertiary/aromatic N) is 1. The van der Waals surface area contributed by atoms with Gasteiger partial charge >= 0.3 is 6.09 Å². The highest BCUT2D eigenvalue weighted by molar-refractivity contribution is 5.68. The van der Waals surface area contributed by atoms with Crippen LogP contribution in [0.1, 0.15) is 44.6 Å². The van der Waals surface area contributed by atoms with Crippen molar-refractivity contribution in [1.82, 2.24) is 10.3 Å². The van der Waals surface area contributed by atoms with Gasteiger partial charge in [-0.2, -0.15) is 0 Å². The molecule has 0 aliphatic rings. The summed E-state index contributed by atoms with van der Waals surface area (Å²) in [5.74, 6) is 0. The Labute approximate surface area is 121 Å². The molecule has 0 aliphatic heterocycles. The second-order valence-corrected chi connectivity index (χ2v) is 5.67. The third kappa shape index (κ3) is 6.36. The lowest BCUT2D eigenvalue weighted by Gasteiger charge is -2.19. The zero-order chi connectivity index (χ0) is 15.2. The van der Waals surface area contributed by atoms with Crippen molar-refractivity contribution in [1.29, 1.82) is 0 Å². The predicted molar refractivity (Wildman–Crippen MR) is 81.6 cm³/mol. The van der Waals surface area contributed by atoms with Gasteiger partial charge in [-0.1, -0.05) is 19.1 Å². The molecule has 0 aliphatic carbocycles. The van der Waals surface area contributed by atoms with E-state index in [0.717, 1.165) is 23.4 Å². The van der Waals surface area contributed by atoms with Crippen LogP contribution in [0.15, 0.2) is 18.2 Å². The molecule has 0 atom stereocenters. The third-order valence-corrected chi connectivity index (χ3v) is 2.46. The van der Waals surface area contributed by atoms with Gasteiger partial charge in [0.05, 0.1) is 0 Å².